The van der Waals surface area contributed by atoms with Gasteiger partial charge in [-0.2, -0.15) is 0 Å². The van der Waals surface area contributed by atoms with E-state index in [9.17, 15) is 18.0 Å². The van der Waals surface area contributed by atoms with Gasteiger partial charge in [-0.25, -0.2) is 13.2 Å². The fourth-order valence-corrected chi connectivity index (χ4v) is 5.10. The molecular weight excluding hydrogens is 434 g/mol. The number of sulfone groups is 1. The number of nitrogen functional groups attached to an aromatic ring is 1. The van der Waals surface area contributed by atoms with Crippen LogP contribution in [0.25, 0.3) is 0 Å². The zero-order valence-electron chi connectivity index (χ0n) is 18.8. The second-order valence-corrected chi connectivity index (χ2v) is 9.39. The molecule has 0 aliphatic carbocycles. The van der Waals surface area contributed by atoms with E-state index < -0.39 is 21.8 Å². The molecule has 2 aromatic carbocycles. The summed E-state index contributed by atoms with van der Waals surface area (Å²) in [5, 5.41) is 5.53. The van der Waals surface area contributed by atoms with Gasteiger partial charge in [0.2, 0.25) is 5.91 Å². The van der Waals surface area contributed by atoms with Crippen molar-refractivity contribution in [3.8, 4) is 5.75 Å². The molecule has 9 nitrogen and oxygen atoms in total. The van der Waals surface area contributed by atoms with Gasteiger partial charge in [-0.3, -0.25) is 4.79 Å². The van der Waals surface area contributed by atoms with Gasteiger partial charge in [0.1, 0.15) is 11.6 Å². The van der Waals surface area contributed by atoms with Crippen LogP contribution in [0.3, 0.4) is 0 Å². The molecule has 1 atom stereocenters. The van der Waals surface area contributed by atoms with Gasteiger partial charge in [0.15, 0.2) is 9.84 Å². The average Bonchev–Trinajstić information content (AvgIpc) is 2.72. The number of benzene rings is 2. The van der Waals surface area contributed by atoms with Crippen molar-refractivity contribution in [1.82, 2.24) is 5.32 Å². The summed E-state index contributed by atoms with van der Waals surface area (Å²) in [4.78, 5) is 24.4. The van der Waals surface area contributed by atoms with Gasteiger partial charge in [-0.1, -0.05) is 6.07 Å². The number of hydrogen-bond donors (Lipinski definition) is 3. The number of aryl methyl sites for hydroxylation is 2. The highest BCUT2D eigenvalue weighted by atomic mass is 32.2. The predicted octanol–water partition coefficient (Wildman–Crippen LogP) is 2.42. The Bertz CT molecular complexity index is 1090. The first-order chi connectivity index (χ1) is 15.0. The molecule has 10 heteroatoms. The zero-order valence-corrected chi connectivity index (χ0v) is 19.6. The fourth-order valence-electron chi connectivity index (χ4n) is 3.36. The van der Waals surface area contributed by atoms with Crippen LogP contribution < -0.4 is 21.1 Å². The SMILES string of the molecule is COC(=O)c1cccc(NC(=O)CC(C)NCS(=O)(=O)c2c(C)cc(OC)cc2C)c1N. The molecule has 0 fully saturated rings. The molecule has 0 bridgehead atoms. The van der Waals surface area contributed by atoms with Crippen LogP contribution in [0.5, 0.6) is 5.75 Å². The van der Waals surface area contributed by atoms with Crippen molar-refractivity contribution >= 4 is 33.1 Å². The van der Waals surface area contributed by atoms with Gasteiger partial charge in [-0.05, 0) is 56.2 Å². The summed E-state index contributed by atoms with van der Waals surface area (Å²) in [5.41, 5.74) is 7.66. The van der Waals surface area contributed by atoms with Gasteiger partial charge < -0.3 is 25.8 Å². The molecule has 0 aliphatic heterocycles. The Kier molecular flexibility index (Phi) is 8.23. The number of carbonyl (C=O) groups is 2. The minimum atomic E-state index is -3.63. The lowest BCUT2D eigenvalue weighted by molar-refractivity contribution is -0.116. The fraction of sp³-hybridized carbons (Fsp3) is 0.364. The molecule has 2 rings (SSSR count). The van der Waals surface area contributed by atoms with Crippen molar-refractivity contribution in [2.45, 2.75) is 38.1 Å². The molecular formula is C22H29N3O6S. The molecule has 2 aromatic rings. The third-order valence-electron chi connectivity index (χ3n) is 4.88. The second kappa shape index (κ2) is 10.5. The van der Waals surface area contributed by atoms with E-state index in [0.717, 1.165) is 0 Å². The third-order valence-corrected chi connectivity index (χ3v) is 6.69. The lowest BCUT2D eigenvalue weighted by Crippen LogP contribution is -2.35. The van der Waals surface area contributed by atoms with Crippen molar-refractivity contribution in [3.63, 3.8) is 0 Å². The molecule has 0 heterocycles. The van der Waals surface area contributed by atoms with Gasteiger partial charge in [-0.15, -0.1) is 0 Å². The van der Waals surface area contributed by atoms with E-state index in [1.165, 1.54) is 20.3 Å². The van der Waals surface area contributed by atoms with Crippen LogP contribution in [0.1, 0.15) is 34.8 Å². The van der Waals surface area contributed by atoms with Gasteiger partial charge in [0, 0.05) is 12.5 Å². The first kappa shape index (κ1) is 25.2. The van der Waals surface area contributed by atoms with E-state index in [0.29, 0.717) is 16.9 Å². The summed E-state index contributed by atoms with van der Waals surface area (Å²) in [6.45, 7) is 5.13. The monoisotopic (exact) mass is 463 g/mol. The van der Waals surface area contributed by atoms with Crippen molar-refractivity contribution in [2.24, 2.45) is 0 Å². The highest BCUT2D eigenvalue weighted by Gasteiger charge is 2.22. The van der Waals surface area contributed by atoms with E-state index in [1.54, 1.807) is 45.0 Å². The van der Waals surface area contributed by atoms with Crippen LogP contribution in [-0.2, 0) is 19.4 Å². The standard InChI is InChI=1S/C22H29N3O6S/c1-13-9-16(30-4)10-14(2)21(13)32(28,29)12-24-15(3)11-19(26)25-18-8-6-7-17(20(18)23)22(27)31-5/h6-10,15,24H,11-12,23H2,1-5H3,(H,25,26). The number of hydrogen-bond acceptors (Lipinski definition) is 8. The van der Waals surface area contributed by atoms with E-state index >= 15 is 0 Å². The Morgan fingerprint density at radius 3 is 2.31 bits per heavy atom. The number of rotatable bonds is 9. The number of nitrogens with one attached hydrogen (secondary N) is 2. The largest absolute Gasteiger partial charge is 0.497 e. The smallest absolute Gasteiger partial charge is 0.340 e. The lowest BCUT2D eigenvalue weighted by Gasteiger charge is -2.17. The van der Waals surface area contributed by atoms with Crippen molar-refractivity contribution < 1.29 is 27.5 Å². The number of nitrogens with two attached hydrogens (primary N) is 1. The van der Waals surface area contributed by atoms with Crippen LogP contribution in [0.15, 0.2) is 35.2 Å². The topological polar surface area (TPSA) is 137 Å². The highest BCUT2D eigenvalue weighted by molar-refractivity contribution is 7.91. The molecule has 0 aliphatic rings. The summed E-state index contributed by atoms with van der Waals surface area (Å²) >= 11 is 0. The maximum Gasteiger partial charge on any atom is 0.340 e. The zero-order chi connectivity index (χ0) is 24.1. The maximum atomic E-state index is 12.9. The molecule has 4 N–H and O–H groups in total. The van der Waals surface area contributed by atoms with Gasteiger partial charge in [0.05, 0.1) is 36.1 Å². The van der Waals surface area contributed by atoms with E-state index in [4.69, 9.17) is 10.5 Å². The molecule has 0 saturated heterocycles. The number of esters is 1. The molecule has 32 heavy (non-hydrogen) atoms. The first-order valence-electron chi connectivity index (χ1n) is 9.88. The number of amides is 1. The summed E-state index contributed by atoms with van der Waals surface area (Å²) < 4.78 is 35.6. The average molecular weight is 464 g/mol. The van der Waals surface area contributed by atoms with Gasteiger partial charge >= 0.3 is 5.97 Å². The summed E-state index contributed by atoms with van der Waals surface area (Å²) in [6, 6.07) is 7.54. The lowest BCUT2D eigenvalue weighted by atomic mass is 10.1. The number of carbonyl (C=O) groups excluding carboxylic acids is 2. The molecule has 1 amide bonds. The Balaban J connectivity index is 2.02. The molecule has 174 valence electrons. The summed E-state index contributed by atoms with van der Waals surface area (Å²) in [7, 11) is -0.868. The number of para-hydroxylation sites is 1. The van der Waals surface area contributed by atoms with E-state index in [1.807, 2.05) is 0 Å². The third kappa shape index (κ3) is 5.98. The minimum Gasteiger partial charge on any atom is -0.497 e. The van der Waals surface area contributed by atoms with Crippen LogP contribution in [0.2, 0.25) is 0 Å². The van der Waals surface area contributed by atoms with Crippen LogP contribution >= 0.6 is 0 Å². The Morgan fingerprint density at radius 2 is 1.75 bits per heavy atom. The summed E-state index contributed by atoms with van der Waals surface area (Å²) in [5.74, 6) is -0.724. The van der Waals surface area contributed by atoms with Crippen molar-refractivity contribution in [2.75, 3.05) is 31.1 Å². The van der Waals surface area contributed by atoms with Crippen molar-refractivity contribution in [3.05, 3.63) is 47.0 Å². The first-order valence-corrected chi connectivity index (χ1v) is 11.5. The van der Waals surface area contributed by atoms with Crippen LogP contribution in [0, 0.1) is 13.8 Å². The van der Waals surface area contributed by atoms with E-state index in [2.05, 4.69) is 15.4 Å². The quantitative estimate of drug-likeness (QED) is 0.381. The maximum absolute atomic E-state index is 12.9. The predicted molar refractivity (Wildman–Crippen MR) is 123 cm³/mol. The molecule has 0 radical (unpaired) electrons. The summed E-state index contributed by atoms with van der Waals surface area (Å²) in [6.07, 6.45) is -0.00200. The molecule has 0 spiro atoms. The van der Waals surface area contributed by atoms with Gasteiger partial charge in [0.25, 0.3) is 0 Å². The van der Waals surface area contributed by atoms with Crippen LogP contribution in [-0.4, -0.2) is 46.4 Å². The molecule has 0 saturated carbocycles. The minimum absolute atomic E-state index is 0.00200. The Hall–Kier alpha value is -3.11. The van der Waals surface area contributed by atoms with Crippen LogP contribution in [0.4, 0.5) is 11.4 Å². The number of methoxy groups -OCH3 is 2. The highest BCUT2D eigenvalue weighted by Crippen LogP contribution is 2.26. The second-order valence-electron chi connectivity index (χ2n) is 7.47. The molecule has 1 unspecified atom stereocenters. The van der Waals surface area contributed by atoms with Crippen molar-refractivity contribution in [1.29, 1.82) is 0 Å². The number of anilines is 2. The molecule has 0 aromatic heterocycles. The normalized spacial score (nSPS) is 12.2. The Morgan fingerprint density at radius 1 is 1.12 bits per heavy atom. The number of ether oxygens (including phenoxy) is 2. The Labute approximate surface area is 188 Å². The van der Waals surface area contributed by atoms with E-state index in [-0.39, 0.29) is 40.0 Å².